The summed E-state index contributed by atoms with van der Waals surface area (Å²) in [6.07, 6.45) is 6.13. The highest BCUT2D eigenvalue weighted by molar-refractivity contribution is 6.00. The van der Waals surface area contributed by atoms with Crippen LogP contribution >= 0.6 is 0 Å². The molecule has 7 heteroatoms. The molecule has 0 aliphatic rings. The Morgan fingerprint density at radius 1 is 1.25 bits per heavy atom. The lowest BCUT2D eigenvalue weighted by atomic mass is 10.1. The third-order valence-electron chi connectivity index (χ3n) is 3.83. The molecule has 2 heterocycles. The van der Waals surface area contributed by atoms with E-state index in [1.165, 1.54) is 12.3 Å². The third kappa shape index (κ3) is 3.34. The van der Waals surface area contributed by atoms with Crippen LogP contribution in [-0.4, -0.2) is 19.7 Å². The number of nitro benzene ring substituents is 1. The predicted molar refractivity (Wildman–Crippen MR) is 93.4 cm³/mol. The highest BCUT2D eigenvalue weighted by Gasteiger charge is 2.14. The van der Waals surface area contributed by atoms with Gasteiger partial charge in [-0.3, -0.25) is 19.8 Å². The fourth-order valence-corrected chi connectivity index (χ4v) is 2.52. The third-order valence-corrected chi connectivity index (χ3v) is 3.83. The van der Waals surface area contributed by atoms with Crippen LogP contribution in [0.15, 0.2) is 42.9 Å². The van der Waals surface area contributed by atoms with E-state index in [2.05, 4.69) is 29.2 Å². The molecule has 0 amide bonds. The number of rotatable bonds is 6. The molecule has 124 valence electrons. The molecule has 24 heavy (non-hydrogen) atoms. The van der Waals surface area contributed by atoms with E-state index in [-0.39, 0.29) is 5.69 Å². The molecule has 0 aliphatic heterocycles. The lowest BCUT2D eigenvalue weighted by Crippen LogP contribution is -2.03. The monoisotopic (exact) mass is 325 g/mol. The molecular weight excluding hydrogens is 306 g/mol. The Labute approximate surface area is 139 Å². The van der Waals surface area contributed by atoms with Gasteiger partial charge in [-0.05, 0) is 24.5 Å². The molecule has 2 aromatic heterocycles. The molecule has 0 bridgehead atoms. The Bertz CT molecular complexity index is 872. The van der Waals surface area contributed by atoms with E-state index in [1.54, 1.807) is 18.3 Å². The number of nitro groups is 1. The van der Waals surface area contributed by atoms with E-state index >= 15 is 0 Å². The molecule has 7 nitrogen and oxygen atoms in total. The van der Waals surface area contributed by atoms with Crippen molar-refractivity contribution < 1.29 is 4.92 Å². The van der Waals surface area contributed by atoms with Crippen LogP contribution in [0.1, 0.15) is 20.3 Å². The van der Waals surface area contributed by atoms with Crippen molar-refractivity contribution in [2.24, 2.45) is 5.92 Å². The Morgan fingerprint density at radius 2 is 2.08 bits per heavy atom. The number of aromatic nitrogens is 3. The van der Waals surface area contributed by atoms with Crippen molar-refractivity contribution in [2.75, 3.05) is 5.32 Å². The summed E-state index contributed by atoms with van der Waals surface area (Å²) in [5, 5.41) is 20.1. The van der Waals surface area contributed by atoms with Crippen LogP contribution in [0.25, 0.3) is 10.8 Å². The summed E-state index contributed by atoms with van der Waals surface area (Å²) in [5.74, 6) is 1.34. The summed E-state index contributed by atoms with van der Waals surface area (Å²) >= 11 is 0. The van der Waals surface area contributed by atoms with Gasteiger partial charge >= 0.3 is 0 Å². The second-order valence-corrected chi connectivity index (χ2v) is 6.08. The second kappa shape index (κ2) is 6.66. The fourth-order valence-electron chi connectivity index (χ4n) is 2.52. The van der Waals surface area contributed by atoms with Crippen LogP contribution in [0, 0.1) is 16.0 Å². The van der Waals surface area contributed by atoms with Crippen LogP contribution in [0.5, 0.6) is 0 Å². The van der Waals surface area contributed by atoms with Gasteiger partial charge in [-0.15, -0.1) is 0 Å². The van der Waals surface area contributed by atoms with Crippen molar-refractivity contribution >= 4 is 28.0 Å². The zero-order valence-electron chi connectivity index (χ0n) is 13.6. The summed E-state index contributed by atoms with van der Waals surface area (Å²) in [6, 6.07) is 6.85. The number of benzene rings is 1. The number of anilines is 2. The summed E-state index contributed by atoms with van der Waals surface area (Å²) in [4.78, 5) is 14.8. The average Bonchev–Trinajstić information content (AvgIpc) is 3.00. The number of pyridine rings is 1. The molecule has 0 atom stereocenters. The fraction of sp³-hybridized carbons (Fsp3) is 0.294. The first-order chi connectivity index (χ1) is 11.5. The Morgan fingerprint density at radius 3 is 2.83 bits per heavy atom. The van der Waals surface area contributed by atoms with Gasteiger partial charge in [0.25, 0.3) is 5.69 Å². The standard InChI is InChI=1S/C17H19N5O2/c1-12(2)6-9-21-10-7-17(20-21)19-15-3-4-16(22(23)24)14-11-18-8-5-13(14)15/h3-5,7-8,10-12H,6,9H2,1-2H3,(H,19,20). The average molecular weight is 325 g/mol. The first kappa shape index (κ1) is 15.9. The molecule has 0 unspecified atom stereocenters. The SMILES string of the molecule is CC(C)CCn1ccc(Nc2ccc([N+](=O)[O-])c3cnccc23)n1. The highest BCUT2D eigenvalue weighted by atomic mass is 16.6. The minimum absolute atomic E-state index is 0.0473. The Hall–Kier alpha value is -2.96. The van der Waals surface area contributed by atoms with Crippen molar-refractivity contribution in [3.63, 3.8) is 0 Å². The van der Waals surface area contributed by atoms with Gasteiger partial charge in [-0.25, -0.2) is 0 Å². The van der Waals surface area contributed by atoms with Gasteiger partial charge in [0.15, 0.2) is 5.82 Å². The van der Waals surface area contributed by atoms with Crippen LogP contribution in [0.4, 0.5) is 17.2 Å². The number of non-ortho nitro benzene ring substituents is 1. The van der Waals surface area contributed by atoms with Gasteiger partial charge in [0.1, 0.15) is 0 Å². The van der Waals surface area contributed by atoms with E-state index < -0.39 is 4.92 Å². The first-order valence-corrected chi connectivity index (χ1v) is 7.86. The predicted octanol–water partition coefficient (Wildman–Crippen LogP) is 4.13. The van der Waals surface area contributed by atoms with Gasteiger partial charge in [0.2, 0.25) is 0 Å². The summed E-state index contributed by atoms with van der Waals surface area (Å²) in [5.41, 5.74) is 0.818. The number of nitrogens with one attached hydrogen (secondary N) is 1. The van der Waals surface area contributed by atoms with Crippen molar-refractivity contribution in [3.05, 3.63) is 53.0 Å². The number of aryl methyl sites for hydroxylation is 1. The van der Waals surface area contributed by atoms with Gasteiger partial charge in [0, 0.05) is 48.3 Å². The van der Waals surface area contributed by atoms with Crippen LogP contribution in [0.2, 0.25) is 0 Å². The maximum atomic E-state index is 11.2. The van der Waals surface area contributed by atoms with Gasteiger partial charge in [0.05, 0.1) is 10.3 Å². The lowest BCUT2D eigenvalue weighted by Gasteiger charge is -2.08. The number of fused-ring (bicyclic) bond motifs is 1. The smallest absolute Gasteiger partial charge is 0.278 e. The molecule has 0 spiro atoms. The van der Waals surface area contributed by atoms with E-state index in [0.717, 1.165) is 24.0 Å². The van der Waals surface area contributed by atoms with Crippen LogP contribution in [0.3, 0.4) is 0 Å². The minimum atomic E-state index is -0.394. The van der Waals surface area contributed by atoms with E-state index in [4.69, 9.17) is 0 Å². The molecule has 0 saturated carbocycles. The van der Waals surface area contributed by atoms with Crippen molar-refractivity contribution in [2.45, 2.75) is 26.8 Å². The lowest BCUT2D eigenvalue weighted by molar-refractivity contribution is -0.383. The largest absolute Gasteiger partial charge is 0.338 e. The van der Waals surface area contributed by atoms with Gasteiger partial charge in [-0.2, -0.15) is 5.10 Å². The molecule has 3 aromatic rings. The summed E-state index contributed by atoms with van der Waals surface area (Å²) in [7, 11) is 0. The maximum Gasteiger partial charge on any atom is 0.278 e. The normalized spacial score (nSPS) is 11.1. The van der Waals surface area contributed by atoms with Crippen molar-refractivity contribution in [1.29, 1.82) is 0 Å². The van der Waals surface area contributed by atoms with Gasteiger partial charge in [-0.1, -0.05) is 13.8 Å². The minimum Gasteiger partial charge on any atom is -0.338 e. The first-order valence-electron chi connectivity index (χ1n) is 7.86. The number of nitrogens with zero attached hydrogens (tertiary/aromatic N) is 4. The number of hydrogen-bond acceptors (Lipinski definition) is 5. The Kier molecular flexibility index (Phi) is 4.41. The van der Waals surface area contributed by atoms with Crippen molar-refractivity contribution in [1.82, 2.24) is 14.8 Å². The molecule has 0 radical (unpaired) electrons. The second-order valence-electron chi connectivity index (χ2n) is 6.08. The zero-order valence-corrected chi connectivity index (χ0v) is 13.6. The van der Waals surface area contributed by atoms with Crippen LogP contribution in [-0.2, 0) is 6.54 Å². The van der Waals surface area contributed by atoms with Gasteiger partial charge < -0.3 is 5.32 Å². The summed E-state index contributed by atoms with van der Waals surface area (Å²) in [6.45, 7) is 5.23. The van der Waals surface area contributed by atoms with E-state index in [9.17, 15) is 10.1 Å². The zero-order chi connectivity index (χ0) is 17.1. The van der Waals surface area contributed by atoms with E-state index in [0.29, 0.717) is 17.1 Å². The Balaban J connectivity index is 1.88. The molecule has 1 N–H and O–H groups in total. The summed E-state index contributed by atoms with van der Waals surface area (Å²) < 4.78 is 1.90. The number of hydrogen-bond donors (Lipinski definition) is 1. The molecule has 0 saturated heterocycles. The van der Waals surface area contributed by atoms with E-state index in [1.807, 2.05) is 16.9 Å². The quantitative estimate of drug-likeness (QED) is 0.544. The molecule has 0 aliphatic carbocycles. The topological polar surface area (TPSA) is 85.9 Å². The molecular formula is C17H19N5O2. The highest BCUT2D eigenvalue weighted by Crippen LogP contribution is 2.32. The molecule has 0 fully saturated rings. The van der Waals surface area contributed by atoms with Crippen LogP contribution < -0.4 is 5.32 Å². The maximum absolute atomic E-state index is 11.2. The molecule has 3 rings (SSSR count). The molecule has 1 aromatic carbocycles. The van der Waals surface area contributed by atoms with Crippen molar-refractivity contribution in [3.8, 4) is 0 Å².